The van der Waals surface area contributed by atoms with Crippen molar-refractivity contribution in [2.24, 2.45) is 0 Å². The van der Waals surface area contributed by atoms with Crippen molar-refractivity contribution in [2.75, 3.05) is 0 Å². The van der Waals surface area contributed by atoms with Crippen LogP contribution in [-0.4, -0.2) is 0 Å². The smallest absolute Gasteiger partial charge is 0.204 e. The molecule has 1 rings (SSSR count). The molecule has 0 amide bonds. The average Bonchev–Trinajstić information content (AvgIpc) is 1.85. The molecule has 1 nitrogen and oxygen atoms in total. The fraction of sp³-hybridized carbons (Fsp3) is 0. The maximum Gasteiger partial charge on any atom is 0.204 e. The van der Waals surface area contributed by atoms with E-state index in [1.807, 2.05) is 0 Å². The van der Waals surface area contributed by atoms with Crippen molar-refractivity contribution in [1.82, 2.24) is 0 Å². The molecule has 0 spiro atoms. The van der Waals surface area contributed by atoms with Gasteiger partial charge in [-0.25, -0.2) is 4.39 Å². The first-order valence-electron chi connectivity index (χ1n) is 2.69. The molecule has 0 heterocycles. The summed E-state index contributed by atoms with van der Waals surface area (Å²) in [5.41, 5.74) is 0. The lowest BCUT2D eigenvalue weighted by molar-refractivity contribution is 0.601. The second-order valence-electron chi connectivity index (χ2n) is 1.84. The second kappa shape index (κ2) is 3.52. The normalized spacial score (nSPS) is 13.0. The van der Waals surface area contributed by atoms with Gasteiger partial charge in [0.15, 0.2) is 15.6 Å². The molecule has 1 unspecified atom stereocenters. The topological polar surface area (TPSA) is 17.1 Å². The molecule has 1 atom stereocenters. The fourth-order valence-electron chi connectivity index (χ4n) is 0.624. The summed E-state index contributed by atoms with van der Waals surface area (Å²) in [4.78, 5) is 0.268. The first-order valence-corrected chi connectivity index (χ1v) is 5.23. The molecule has 1 aromatic rings. The minimum absolute atomic E-state index is 0.0983. The highest BCUT2D eigenvalue weighted by Gasteiger charge is 2.12. The van der Waals surface area contributed by atoms with Gasteiger partial charge < -0.3 is 0 Å². The Kier molecular flexibility index (Phi) is 2.87. The summed E-state index contributed by atoms with van der Waals surface area (Å²) in [6.07, 6.45) is 0. The summed E-state index contributed by atoms with van der Waals surface area (Å²) in [5.74, 6) is -0.465. The molecule has 0 saturated heterocycles. The molecule has 60 valence electrons. The van der Waals surface area contributed by atoms with Crippen LogP contribution in [0.25, 0.3) is 0 Å². The molecule has 0 aliphatic rings. The number of benzene rings is 1. The van der Waals surface area contributed by atoms with Gasteiger partial charge in [-0.15, -0.1) is 0 Å². The highest BCUT2D eigenvalue weighted by atomic mass is 35.7. The number of thiol groups is 1. The number of halogens is 3. The molecular weight excluding hydrogens is 210 g/mol. The van der Waals surface area contributed by atoms with Gasteiger partial charge in [-0.3, -0.25) is 0 Å². The summed E-state index contributed by atoms with van der Waals surface area (Å²) >= 11 is 5.52. The third-order valence-corrected chi connectivity index (χ3v) is 2.86. The summed E-state index contributed by atoms with van der Waals surface area (Å²) < 4.78 is 23.1. The van der Waals surface area contributed by atoms with E-state index < -0.39 is 15.8 Å². The van der Waals surface area contributed by atoms with Gasteiger partial charge in [0.2, 0.25) is 10.0 Å². The Morgan fingerprint density at radius 1 is 1.45 bits per heavy atom. The Labute approximate surface area is 75.1 Å². The van der Waals surface area contributed by atoms with Gasteiger partial charge in [0, 0.05) is 0 Å². The summed E-state index contributed by atoms with van der Waals surface area (Å²) in [5, 5.41) is 0.0983. The fourth-order valence-corrected chi connectivity index (χ4v) is 2.02. The lowest BCUT2D eigenvalue weighted by Crippen LogP contribution is -1.83. The van der Waals surface area contributed by atoms with Crippen LogP contribution in [0.1, 0.15) is 0 Å². The predicted molar refractivity (Wildman–Crippen MR) is 45.0 cm³/mol. The van der Waals surface area contributed by atoms with Gasteiger partial charge in [0.05, 0.1) is 5.02 Å². The lowest BCUT2D eigenvalue weighted by atomic mass is 10.3. The average molecular weight is 214 g/mol. The standard InChI is InChI=1S/C6H3Cl2FOS/c7-5-3-4(9)1-2-6(5)11(8)10/h1-3H/p+1. The molecule has 1 aromatic carbocycles. The first kappa shape index (κ1) is 8.97. The van der Waals surface area contributed by atoms with Crippen molar-refractivity contribution in [3.05, 3.63) is 29.0 Å². The second-order valence-corrected chi connectivity index (χ2v) is 4.14. The van der Waals surface area contributed by atoms with Gasteiger partial charge in [0.1, 0.15) is 5.82 Å². The van der Waals surface area contributed by atoms with E-state index in [4.69, 9.17) is 22.3 Å². The summed E-state index contributed by atoms with van der Waals surface area (Å²) in [7, 11) is 3.26. The Hall–Kier alpha value is -0.120. The third-order valence-electron chi connectivity index (χ3n) is 1.10. The van der Waals surface area contributed by atoms with E-state index in [0.717, 1.165) is 12.1 Å². The lowest BCUT2D eigenvalue weighted by Gasteiger charge is -1.91. The van der Waals surface area contributed by atoms with E-state index in [0.29, 0.717) is 0 Å². The van der Waals surface area contributed by atoms with E-state index in [1.165, 1.54) is 6.07 Å². The van der Waals surface area contributed by atoms with Gasteiger partial charge in [-0.1, -0.05) is 15.8 Å². The van der Waals surface area contributed by atoms with Crippen molar-refractivity contribution in [1.29, 1.82) is 0 Å². The van der Waals surface area contributed by atoms with Gasteiger partial charge >= 0.3 is 0 Å². The van der Waals surface area contributed by atoms with Crippen molar-refractivity contribution < 1.29 is 8.60 Å². The highest BCUT2D eigenvalue weighted by molar-refractivity contribution is 8.08. The molecule has 0 N–H and O–H groups in total. The molecule has 0 aromatic heterocycles. The summed E-state index contributed by atoms with van der Waals surface area (Å²) in [6, 6.07) is 3.55. The van der Waals surface area contributed by atoms with Crippen molar-refractivity contribution >= 4 is 32.3 Å². The molecule has 0 aliphatic carbocycles. The predicted octanol–water partition coefficient (Wildman–Crippen LogP) is 2.69. The molecule has 0 aliphatic heterocycles. The van der Waals surface area contributed by atoms with Gasteiger partial charge in [0.25, 0.3) is 0 Å². The Bertz CT molecular complexity index is 303. The third kappa shape index (κ3) is 2.15. The Balaban J connectivity index is 3.20. The van der Waals surface area contributed by atoms with Gasteiger partial charge in [-0.2, -0.15) is 0 Å². The quantitative estimate of drug-likeness (QED) is 0.399. The minimum Gasteiger partial charge on any atom is -0.207 e. The summed E-state index contributed by atoms with van der Waals surface area (Å²) in [6.45, 7) is 0. The number of hydrogen-bond donors (Lipinski definition) is 0. The number of rotatable bonds is 1. The zero-order valence-corrected chi connectivity index (χ0v) is 7.63. The van der Waals surface area contributed by atoms with Crippen LogP contribution in [0.15, 0.2) is 23.1 Å². The SMILES string of the molecule is O=[SH+](Cl)c1ccc(F)cc1Cl. The maximum atomic E-state index is 12.4. The van der Waals surface area contributed by atoms with Crippen molar-refractivity contribution in [3.8, 4) is 0 Å². The van der Waals surface area contributed by atoms with Crippen LogP contribution in [0.5, 0.6) is 0 Å². The van der Waals surface area contributed by atoms with Crippen molar-refractivity contribution in [3.63, 3.8) is 0 Å². The van der Waals surface area contributed by atoms with E-state index >= 15 is 0 Å². The van der Waals surface area contributed by atoms with Crippen LogP contribution in [0, 0.1) is 5.82 Å². The van der Waals surface area contributed by atoms with Crippen LogP contribution in [0.4, 0.5) is 4.39 Å². The first-order chi connectivity index (χ1) is 5.11. The Morgan fingerprint density at radius 3 is 2.55 bits per heavy atom. The zero-order chi connectivity index (χ0) is 8.43. The van der Waals surface area contributed by atoms with E-state index in [1.54, 1.807) is 0 Å². The molecule has 0 bridgehead atoms. The highest BCUT2D eigenvalue weighted by Crippen LogP contribution is 2.22. The maximum absolute atomic E-state index is 12.4. The van der Waals surface area contributed by atoms with Crippen LogP contribution >= 0.6 is 22.3 Å². The largest absolute Gasteiger partial charge is 0.207 e. The van der Waals surface area contributed by atoms with Crippen molar-refractivity contribution in [2.45, 2.75) is 4.90 Å². The molecule has 0 radical (unpaired) electrons. The zero-order valence-electron chi connectivity index (χ0n) is 5.22. The van der Waals surface area contributed by atoms with Gasteiger partial charge in [-0.05, 0) is 18.2 Å². The van der Waals surface area contributed by atoms with Crippen LogP contribution in [0.2, 0.25) is 5.02 Å². The molecular formula is C6H4Cl2FOS+. The molecule has 5 heteroatoms. The Morgan fingerprint density at radius 2 is 2.09 bits per heavy atom. The minimum atomic E-state index is -2.01. The van der Waals surface area contributed by atoms with Crippen LogP contribution in [0.3, 0.4) is 0 Å². The van der Waals surface area contributed by atoms with E-state index in [2.05, 4.69) is 0 Å². The van der Waals surface area contributed by atoms with Crippen LogP contribution < -0.4 is 0 Å². The van der Waals surface area contributed by atoms with E-state index in [9.17, 15) is 8.60 Å². The molecule has 11 heavy (non-hydrogen) atoms. The number of hydrogen-bond acceptors (Lipinski definition) is 1. The monoisotopic (exact) mass is 213 g/mol. The molecule has 0 fully saturated rings. The van der Waals surface area contributed by atoms with E-state index in [-0.39, 0.29) is 9.92 Å². The molecule has 0 saturated carbocycles. The van der Waals surface area contributed by atoms with Crippen LogP contribution in [-0.2, 0) is 14.2 Å².